The maximum atomic E-state index is 12.0. The second kappa shape index (κ2) is 8.42. The minimum absolute atomic E-state index is 0.127. The van der Waals surface area contributed by atoms with Crippen molar-refractivity contribution in [2.75, 3.05) is 24.0 Å². The predicted octanol–water partition coefficient (Wildman–Crippen LogP) is 2.07. The molecule has 0 aliphatic heterocycles. The normalized spacial score (nSPS) is 10.5. The Hall–Kier alpha value is -2.22. The molecule has 124 valence electrons. The number of nitrogens with one attached hydrogen (secondary N) is 1. The van der Waals surface area contributed by atoms with Gasteiger partial charge in [-0.1, -0.05) is 25.1 Å². The Kier molecular flexibility index (Phi) is 6.28. The number of benzene rings is 1. The first-order valence-corrected chi connectivity index (χ1v) is 8.38. The van der Waals surface area contributed by atoms with Gasteiger partial charge in [0.2, 0.25) is 11.1 Å². The molecule has 0 atom stereocenters. The van der Waals surface area contributed by atoms with Crippen LogP contribution in [0.5, 0.6) is 5.75 Å². The van der Waals surface area contributed by atoms with E-state index in [1.54, 1.807) is 31.4 Å². The highest BCUT2D eigenvalue weighted by atomic mass is 32.2. The molecule has 2 rings (SSSR count). The zero-order valence-electron chi connectivity index (χ0n) is 13.3. The highest BCUT2D eigenvalue weighted by Gasteiger charge is 2.12. The molecule has 0 saturated heterocycles. The number of nitrogens with zero attached hydrogens (tertiary/aromatic N) is 3. The van der Waals surface area contributed by atoms with Crippen LogP contribution in [0.2, 0.25) is 0 Å². The van der Waals surface area contributed by atoms with E-state index in [0.29, 0.717) is 10.8 Å². The lowest BCUT2D eigenvalue weighted by molar-refractivity contribution is -0.113. The fraction of sp³-hybridized carbons (Fsp3) is 0.400. The minimum atomic E-state index is -0.127. The van der Waals surface area contributed by atoms with Gasteiger partial charge in [-0.15, -0.1) is 10.2 Å². The second-order valence-corrected chi connectivity index (χ2v) is 5.88. The molecule has 1 heterocycles. The smallest absolute Gasteiger partial charge is 0.234 e. The lowest BCUT2D eigenvalue weighted by Gasteiger charge is -2.06. The number of aromatic nitrogens is 3. The van der Waals surface area contributed by atoms with Gasteiger partial charge in [0.25, 0.3) is 0 Å². The highest BCUT2D eigenvalue weighted by Crippen LogP contribution is 2.18. The van der Waals surface area contributed by atoms with Crippen molar-refractivity contribution >= 4 is 23.4 Å². The monoisotopic (exact) mass is 335 g/mol. The van der Waals surface area contributed by atoms with E-state index in [4.69, 9.17) is 10.6 Å². The van der Waals surface area contributed by atoms with E-state index in [-0.39, 0.29) is 11.7 Å². The minimum Gasteiger partial charge on any atom is -0.497 e. The number of hydrogen-bond donors (Lipinski definition) is 2. The standard InChI is InChI=1S/C15H21N5O2S/c1-3-4-5-13-18-19-15(20(13)16)23-10-14(21)17-11-6-8-12(22-2)9-7-11/h6-9H,3-5,10,16H2,1-2H3,(H,17,21). The molecule has 0 aliphatic rings. The van der Waals surface area contributed by atoms with Crippen LogP contribution in [-0.2, 0) is 11.2 Å². The maximum Gasteiger partial charge on any atom is 0.234 e. The molecular formula is C15H21N5O2S. The molecule has 0 aliphatic carbocycles. The van der Waals surface area contributed by atoms with Gasteiger partial charge in [-0.3, -0.25) is 4.79 Å². The van der Waals surface area contributed by atoms with Crippen molar-refractivity contribution in [3.63, 3.8) is 0 Å². The number of aryl methyl sites for hydroxylation is 1. The quantitative estimate of drug-likeness (QED) is 0.566. The summed E-state index contributed by atoms with van der Waals surface area (Å²) in [5, 5.41) is 11.4. The molecule has 7 nitrogen and oxygen atoms in total. The SMILES string of the molecule is CCCCc1nnc(SCC(=O)Nc2ccc(OC)cc2)n1N. The molecular weight excluding hydrogens is 314 g/mol. The molecule has 0 radical (unpaired) electrons. The Morgan fingerprint density at radius 1 is 1.35 bits per heavy atom. The summed E-state index contributed by atoms with van der Waals surface area (Å²) in [6.45, 7) is 2.11. The summed E-state index contributed by atoms with van der Waals surface area (Å²) in [4.78, 5) is 12.0. The lowest BCUT2D eigenvalue weighted by atomic mass is 10.2. The summed E-state index contributed by atoms with van der Waals surface area (Å²) in [6, 6.07) is 7.16. The van der Waals surface area contributed by atoms with Crippen LogP contribution in [0.25, 0.3) is 0 Å². The first kappa shape index (κ1) is 17.1. The topological polar surface area (TPSA) is 95.1 Å². The fourth-order valence-corrected chi connectivity index (χ4v) is 2.59. The zero-order valence-corrected chi connectivity index (χ0v) is 14.1. The number of ether oxygens (including phenoxy) is 1. The lowest BCUT2D eigenvalue weighted by Crippen LogP contribution is -2.17. The molecule has 1 amide bonds. The molecule has 23 heavy (non-hydrogen) atoms. The van der Waals surface area contributed by atoms with Gasteiger partial charge in [0, 0.05) is 12.1 Å². The van der Waals surface area contributed by atoms with Crippen LogP contribution in [0.15, 0.2) is 29.4 Å². The Morgan fingerprint density at radius 2 is 2.09 bits per heavy atom. The molecule has 1 aromatic heterocycles. The van der Waals surface area contributed by atoms with Crippen LogP contribution in [0, 0.1) is 0 Å². The van der Waals surface area contributed by atoms with Crippen LogP contribution in [-0.4, -0.2) is 33.6 Å². The molecule has 2 aromatic rings. The van der Waals surface area contributed by atoms with E-state index < -0.39 is 0 Å². The van der Waals surface area contributed by atoms with Crippen molar-refractivity contribution in [1.82, 2.24) is 14.9 Å². The summed E-state index contributed by atoms with van der Waals surface area (Å²) < 4.78 is 6.53. The highest BCUT2D eigenvalue weighted by molar-refractivity contribution is 7.99. The molecule has 1 aromatic carbocycles. The molecule has 3 N–H and O–H groups in total. The largest absolute Gasteiger partial charge is 0.497 e. The maximum absolute atomic E-state index is 12.0. The van der Waals surface area contributed by atoms with Crippen LogP contribution in [0.4, 0.5) is 5.69 Å². The van der Waals surface area contributed by atoms with Crippen LogP contribution >= 0.6 is 11.8 Å². The number of amides is 1. The van der Waals surface area contributed by atoms with Crippen molar-refractivity contribution in [2.45, 2.75) is 31.3 Å². The third kappa shape index (κ3) is 4.88. The molecule has 0 spiro atoms. The summed E-state index contributed by atoms with van der Waals surface area (Å²) in [5.74, 6) is 7.52. The van der Waals surface area contributed by atoms with E-state index in [1.807, 2.05) is 0 Å². The van der Waals surface area contributed by atoms with E-state index in [1.165, 1.54) is 16.4 Å². The number of hydrogen-bond acceptors (Lipinski definition) is 6. The molecule has 0 unspecified atom stereocenters. The average Bonchev–Trinajstić information content (AvgIpc) is 2.92. The van der Waals surface area contributed by atoms with Crippen molar-refractivity contribution in [3.8, 4) is 5.75 Å². The summed E-state index contributed by atoms with van der Waals surface area (Å²) in [5.41, 5.74) is 0.717. The number of nitrogen functional groups attached to an aromatic ring is 1. The Labute approximate surface area is 139 Å². The van der Waals surface area contributed by atoms with Gasteiger partial charge < -0.3 is 15.9 Å². The summed E-state index contributed by atoms with van der Waals surface area (Å²) in [7, 11) is 1.60. The van der Waals surface area contributed by atoms with E-state index in [9.17, 15) is 4.79 Å². The average molecular weight is 335 g/mol. The van der Waals surface area contributed by atoms with Gasteiger partial charge in [-0.05, 0) is 30.7 Å². The second-order valence-electron chi connectivity index (χ2n) is 4.94. The van der Waals surface area contributed by atoms with Gasteiger partial charge in [0.15, 0.2) is 5.82 Å². The molecule has 0 saturated carbocycles. The van der Waals surface area contributed by atoms with E-state index >= 15 is 0 Å². The zero-order chi connectivity index (χ0) is 16.7. The Morgan fingerprint density at radius 3 is 2.74 bits per heavy atom. The van der Waals surface area contributed by atoms with Crippen LogP contribution in [0.1, 0.15) is 25.6 Å². The molecule has 8 heteroatoms. The number of methoxy groups -OCH3 is 1. The number of carbonyl (C=O) groups is 1. The summed E-state index contributed by atoms with van der Waals surface area (Å²) in [6.07, 6.45) is 2.87. The van der Waals surface area contributed by atoms with E-state index in [2.05, 4.69) is 22.4 Å². The number of carbonyl (C=O) groups excluding carboxylic acids is 1. The third-order valence-corrected chi connectivity index (χ3v) is 4.14. The number of rotatable bonds is 8. The first-order chi connectivity index (χ1) is 11.1. The van der Waals surface area contributed by atoms with Gasteiger partial charge in [0.1, 0.15) is 5.75 Å². The van der Waals surface area contributed by atoms with Crippen molar-refractivity contribution < 1.29 is 9.53 Å². The number of thioether (sulfide) groups is 1. The molecule has 0 fully saturated rings. The van der Waals surface area contributed by atoms with E-state index in [0.717, 1.165) is 30.8 Å². The van der Waals surface area contributed by atoms with Crippen molar-refractivity contribution in [1.29, 1.82) is 0 Å². The Balaban J connectivity index is 1.85. The van der Waals surface area contributed by atoms with Gasteiger partial charge in [0.05, 0.1) is 12.9 Å². The number of unbranched alkanes of at least 4 members (excludes halogenated alkanes) is 1. The number of anilines is 1. The number of nitrogens with two attached hydrogens (primary N) is 1. The van der Waals surface area contributed by atoms with Crippen molar-refractivity contribution in [2.24, 2.45) is 0 Å². The fourth-order valence-electron chi connectivity index (χ4n) is 1.91. The van der Waals surface area contributed by atoms with Gasteiger partial charge in [-0.2, -0.15) is 0 Å². The predicted molar refractivity (Wildman–Crippen MR) is 91.1 cm³/mol. The van der Waals surface area contributed by atoms with Crippen LogP contribution in [0.3, 0.4) is 0 Å². The summed E-state index contributed by atoms with van der Waals surface area (Å²) >= 11 is 1.26. The van der Waals surface area contributed by atoms with Crippen molar-refractivity contribution in [3.05, 3.63) is 30.1 Å². The van der Waals surface area contributed by atoms with Gasteiger partial charge in [-0.25, -0.2) is 4.68 Å². The van der Waals surface area contributed by atoms with Crippen LogP contribution < -0.4 is 15.9 Å². The Bertz CT molecular complexity index is 642. The third-order valence-electron chi connectivity index (χ3n) is 3.20. The first-order valence-electron chi connectivity index (χ1n) is 7.40. The van der Waals surface area contributed by atoms with Gasteiger partial charge >= 0.3 is 0 Å². The molecule has 0 bridgehead atoms.